The normalized spacial score (nSPS) is 24.8. The van der Waals surface area contributed by atoms with Crippen LogP contribution in [0.15, 0.2) is 39.4 Å². The molecule has 17 heavy (non-hydrogen) atoms. The monoisotopic (exact) mass is 232 g/mol. The summed E-state index contributed by atoms with van der Waals surface area (Å²) >= 11 is 0. The minimum atomic E-state index is -0.621. The average Bonchev–Trinajstić information content (AvgIpc) is 2.79. The van der Waals surface area contributed by atoms with Gasteiger partial charge in [-0.05, 0) is 36.6 Å². The Balaban J connectivity index is 1.69. The van der Waals surface area contributed by atoms with E-state index in [1.54, 1.807) is 6.26 Å². The van der Waals surface area contributed by atoms with Crippen LogP contribution in [0.1, 0.15) is 42.6 Å². The lowest BCUT2D eigenvalue weighted by atomic mass is 10.1. The molecule has 0 spiro atoms. The van der Waals surface area contributed by atoms with Crippen molar-refractivity contribution in [3.63, 3.8) is 0 Å². The lowest BCUT2D eigenvalue weighted by molar-refractivity contribution is 0.141. The van der Waals surface area contributed by atoms with Crippen LogP contribution in [0.5, 0.6) is 0 Å². The van der Waals surface area contributed by atoms with Gasteiger partial charge in [0.1, 0.15) is 23.4 Å². The Bertz CT molecular complexity index is 483. The number of hydrogen-bond donors (Lipinski definition) is 1. The van der Waals surface area contributed by atoms with E-state index in [9.17, 15) is 5.11 Å². The average molecular weight is 232 g/mol. The summed E-state index contributed by atoms with van der Waals surface area (Å²) in [4.78, 5) is 0. The van der Waals surface area contributed by atoms with E-state index < -0.39 is 6.10 Å². The Morgan fingerprint density at radius 2 is 2.24 bits per heavy atom. The van der Waals surface area contributed by atoms with Crippen molar-refractivity contribution in [1.82, 2.24) is 0 Å². The van der Waals surface area contributed by atoms with E-state index in [0.717, 1.165) is 17.4 Å². The topological polar surface area (TPSA) is 46.5 Å². The highest BCUT2D eigenvalue weighted by Gasteiger charge is 2.36. The summed E-state index contributed by atoms with van der Waals surface area (Å²) < 4.78 is 10.9. The van der Waals surface area contributed by atoms with Crippen LogP contribution in [-0.4, -0.2) is 5.11 Å². The molecule has 0 amide bonds. The molecule has 0 saturated heterocycles. The summed E-state index contributed by atoms with van der Waals surface area (Å²) in [5, 5.41) is 10.0. The Morgan fingerprint density at radius 1 is 1.41 bits per heavy atom. The molecule has 3 rings (SSSR count). The Labute approximate surface area is 100 Å². The van der Waals surface area contributed by atoms with E-state index >= 15 is 0 Å². The lowest BCUT2D eigenvalue weighted by Gasteiger charge is -2.05. The summed E-state index contributed by atoms with van der Waals surface area (Å²) in [5.74, 6) is 3.69. The zero-order valence-electron chi connectivity index (χ0n) is 9.80. The summed E-state index contributed by atoms with van der Waals surface area (Å²) in [6, 6.07) is 7.53. The molecule has 0 bridgehead atoms. The van der Waals surface area contributed by atoms with Gasteiger partial charge in [-0.3, -0.25) is 0 Å². The van der Waals surface area contributed by atoms with Gasteiger partial charge in [-0.15, -0.1) is 0 Å². The van der Waals surface area contributed by atoms with Crippen molar-refractivity contribution < 1.29 is 13.9 Å². The Hall–Kier alpha value is -1.48. The van der Waals surface area contributed by atoms with Gasteiger partial charge < -0.3 is 13.9 Å². The molecule has 0 radical (unpaired) electrons. The van der Waals surface area contributed by atoms with Crippen LogP contribution in [0.25, 0.3) is 0 Å². The fraction of sp³-hybridized carbons (Fsp3) is 0.429. The molecule has 1 N–H and O–H groups in total. The van der Waals surface area contributed by atoms with Crippen LogP contribution in [0, 0.1) is 5.92 Å². The summed E-state index contributed by atoms with van der Waals surface area (Å²) in [6.07, 6.45) is 2.65. The number of furan rings is 2. The molecule has 90 valence electrons. The van der Waals surface area contributed by atoms with Crippen molar-refractivity contribution in [2.24, 2.45) is 5.92 Å². The summed E-state index contributed by atoms with van der Waals surface area (Å²) in [6.45, 7) is 2.21. The number of hydrogen-bond acceptors (Lipinski definition) is 3. The van der Waals surface area contributed by atoms with Crippen molar-refractivity contribution in [2.75, 3.05) is 0 Å². The first-order chi connectivity index (χ1) is 8.24. The Morgan fingerprint density at radius 3 is 2.88 bits per heavy atom. The largest absolute Gasteiger partial charge is 0.469 e. The highest BCUT2D eigenvalue weighted by molar-refractivity contribution is 5.19. The van der Waals surface area contributed by atoms with Gasteiger partial charge in [0.05, 0.1) is 6.26 Å². The van der Waals surface area contributed by atoms with Crippen molar-refractivity contribution in [2.45, 2.75) is 31.8 Å². The van der Waals surface area contributed by atoms with Crippen LogP contribution in [-0.2, 0) is 6.42 Å². The molecule has 3 nitrogen and oxygen atoms in total. The van der Waals surface area contributed by atoms with Gasteiger partial charge in [-0.25, -0.2) is 0 Å². The van der Waals surface area contributed by atoms with E-state index in [-0.39, 0.29) is 0 Å². The van der Waals surface area contributed by atoms with Crippen LogP contribution >= 0.6 is 0 Å². The first kappa shape index (κ1) is 10.7. The van der Waals surface area contributed by atoms with Crippen molar-refractivity contribution in [3.8, 4) is 0 Å². The standard InChI is InChI=1S/C14H16O3/c1-9-7-11(9)13-4-5-14(17-13)12(15)8-10-3-2-6-16-10/h2-6,9,11-12,15H,7-8H2,1H3. The third kappa shape index (κ3) is 2.15. The van der Waals surface area contributed by atoms with Gasteiger partial charge in [0.25, 0.3) is 0 Å². The minimum Gasteiger partial charge on any atom is -0.469 e. The van der Waals surface area contributed by atoms with Crippen LogP contribution in [0.3, 0.4) is 0 Å². The molecule has 1 fully saturated rings. The number of rotatable bonds is 4. The zero-order valence-corrected chi connectivity index (χ0v) is 9.80. The lowest BCUT2D eigenvalue weighted by Crippen LogP contribution is -1.99. The van der Waals surface area contributed by atoms with E-state index in [4.69, 9.17) is 8.83 Å². The van der Waals surface area contributed by atoms with E-state index in [1.165, 1.54) is 6.42 Å². The molecule has 3 atom stereocenters. The first-order valence-electron chi connectivity index (χ1n) is 6.04. The van der Waals surface area contributed by atoms with Crippen molar-refractivity contribution in [1.29, 1.82) is 0 Å². The fourth-order valence-electron chi connectivity index (χ4n) is 2.19. The van der Waals surface area contributed by atoms with Gasteiger partial charge in [0.15, 0.2) is 0 Å². The predicted octanol–water partition coefficient (Wildman–Crippen LogP) is 3.27. The third-order valence-corrected chi connectivity index (χ3v) is 3.43. The number of aliphatic hydroxyl groups is 1. The predicted molar refractivity (Wildman–Crippen MR) is 62.6 cm³/mol. The smallest absolute Gasteiger partial charge is 0.133 e. The van der Waals surface area contributed by atoms with Crippen molar-refractivity contribution >= 4 is 0 Å². The highest BCUT2D eigenvalue weighted by atomic mass is 16.4. The second-order valence-electron chi connectivity index (χ2n) is 4.86. The van der Waals surface area contributed by atoms with E-state index in [0.29, 0.717) is 18.1 Å². The molecule has 1 saturated carbocycles. The van der Waals surface area contributed by atoms with Gasteiger partial charge >= 0.3 is 0 Å². The molecule has 0 aromatic carbocycles. The zero-order chi connectivity index (χ0) is 11.8. The number of aliphatic hydroxyl groups excluding tert-OH is 1. The van der Waals surface area contributed by atoms with Gasteiger partial charge in [-0.2, -0.15) is 0 Å². The second kappa shape index (κ2) is 4.08. The molecule has 1 aliphatic carbocycles. The first-order valence-corrected chi connectivity index (χ1v) is 6.04. The van der Waals surface area contributed by atoms with Gasteiger partial charge in [0, 0.05) is 12.3 Å². The third-order valence-electron chi connectivity index (χ3n) is 3.43. The maximum atomic E-state index is 10.0. The molecular weight excluding hydrogens is 216 g/mol. The summed E-state index contributed by atoms with van der Waals surface area (Å²) in [5.41, 5.74) is 0. The molecule has 0 aliphatic heterocycles. The van der Waals surface area contributed by atoms with Crippen molar-refractivity contribution in [3.05, 3.63) is 47.8 Å². The van der Waals surface area contributed by atoms with Gasteiger partial charge in [0.2, 0.25) is 0 Å². The molecule has 2 aromatic rings. The Kier molecular flexibility index (Phi) is 2.56. The molecule has 1 aliphatic rings. The molecule has 3 heteroatoms. The summed E-state index contributed by atoms with van der Waals surface area (Å²) in [7, 11) is 0. The fourth-order valence-corrected chi connectivity index (χ4v) is 2.19. The van der Waals surface area contributed by atoms with Crippen LogP contribution in [0.4, 0.5) is 0 Å². The minimum absolute atomic E-state index is 0.459. The molecule has 3 unspecified atom stereocenters. The maximum Gasteiger partial charge on any atom is 0.133 e. The van der Waals surface area contributed by atoms with E-state index in [1.807, 2.05) is 24.3 Å². The van der Waals surface area contributed by atoms with Crippen LogP contribution < -0.4 is 0 Å². The molecule has 2 aromatic heterocycles. The molecule has 2 heterocycles. The SMILES string of the molecule is CC1CC1c1ccc(C(O)Cc2ccco2)o1. The van der Waals surface area contributed by atoms with Crippen LogP contribution in [0.2, 0.25) is 0 Å². The quantitative estimate of drug-likeness (QED) is 0.880. The maximum absolute atomic E-state index is 10.0. The highest BCUT2D eigenvalue weighted by Crippen LogP contribution is 2.47. The van der Waals surface area contributed by atoms with E-state index in [2.05, 4.69) is 6.92 Å². The molecular formula is C14H16O3. The second-order valence-corrected chi connectivity index (χ2v) is 4.86. The van der Waals surface area contributed by atoms with Gasteiger partial charge in [-0.1, -0.05) is 6.92 Å².